The lowest BCUT2D eigenvalue weighted by atomic mass is 9.94. The van der Waals surface area contributed by atoms with Gasteiger partial charge in [0.15, 0.2) is 0 Å². The van der Waals surface area contributed by atoms with Crippen LogP contribution in [-0.4, -0.2) is 60.9 Å². The molecule has 0 bridgehead atoms. The maximum absolute atomic E-state index is 13.3. The number of carbonyl (C=O) groups is 1. The zero-order valence-electron chi connectivity index (χ0n) is 19.3. The van der Waals surface area contributed by atoms with Gasteiger partial charge in [-0.3, -0.25) is 14.7 Å². The molecule has 1 unspecified atom stereocenters. The van der Waals surface area contributed by atoms with Crippen molar-refractivity contribution < 1.29 is 9.53 Å². The summed E-state index contributed by atoms with van der Waals surface area (Å²) >= 11 is 0. The Morgan fingerprint density at radius 3 is 2.50 bits per heavy atom. The maximum atomic E-state index is 13.3. The molecule has 1 fully saturated rings. The second-order valence-corrected chi connectivity index (χ2v) is 8.58. The number of methoxy groups -OCH3 is 1. The van der Waals surface area contributed by atoms with Crippen LogP contribution in [0, 0.1) is 5.92 Å². The molecule has 0 saturated carbocycles. The van der Waals surface area contributed by atoms with Crippen LogP contribution in [0.5, 0.6) is 5.75 Å². The van der Waals surface area contributed by atoms with Crippen LogP contribution in [0.3, 0.4) is 0 Å². The Kier molecular flexibility index (Phi) is 6.49. The van der Waals surface area contributed by atoms with Crippen LogP contribution in [0.1, 0.15) is 11.1 Å². The summed E-state index contributed by atoms with van der Waals surface area (Å²) in [6.07, 6.45) is 9.51. The quantitative estimate of drug-likeness (QED) is 0.690. The monoisotopic (exact) mass is 452 g/mol. The number of hydrogen-bond donors (Lipinski definition) is 0. The minimum Gasteiger partial charge on any atom is -0.497 e. The SMILES string of the molecule is COc1ccc(C2=C3N=C(C(=O)N4CCN(Cc5ccccc5)CC4)C=CC3C=CN=C2)cc1. The fourth-order valence-corrected chi connectivity index (χ4v) is 4.47. The molecule has 5 rings (SSSR count). The van der Waals surface area contributed by atoms with Gasteiger partial charge in [0, 0.05) is 56.6 Å². The van der Waals surface area contributed by atoms with E-state index in [1.165, 1.54) is 5.56 Å². The third-order valence-electron chi connectivity index (χ3n) is 6.41. The molecule has 34 heavy (non-hydrogen) atoms. The molecule has 3 aliphatic heterocycles. The summed E-state index contributed by atoms with van der Waals surface area (Å²) in [6, 6.07) is 18.3. The van der Waals surface area contributed by atoms with Crippen molar-refractivity contribution in [1.82, 2.24) is 9.80 Å². The molecule has 0 spiro atoms. The van der Waals surface area contributed by atoms with Gasteiger partial charge in [-0.25, -0.2) is 4.99 Å². The minimum absolute atomic E-state index is 0.0131. The summed E-state index contributed by atoms with van der Waals surface area (Å²) in [5.74, 6) is 0.767. The lowest BCUT2D eigenvalue weighted by Gasteiger charge is -2.35. The van der Waals surface area contributed by atoms with E-state index in [0.717, 1.165) is 42.2 Å². The molecule has 0 N–H and O–H groups in total. The van der Waals surface area contributed by atoms with Crippen molar-refractivity contribution in [3.63, 3.8) is 0 Å². The summed E-state index contributed by atoms with van der Waals surface area (Å²) in [6.45, 7) is 4.03. The minimum atomic E-state index is -0.0149. The van der Waals surface area contributed by atoms with E-state index in [2.05, 4.69) is 34.2 Å². The topological polar surface area (TPSA) is 57.5 Å². The fraction of sp³-hybridized carbons (Fsp3) is 0.250. The van der Waals surface area contributed by atoms with Crippen LogP contribution in [-0.2, 0) is 11.3 Å². The van der Waals surface area contributed by atoms with Gasteiger partial charge in [-0.1, -0.05) is 54.6 Å². The number of nitrogens with zero attached hydrogens (tertiary/aromatic N) is 4. The number of aliphatic imine (C=N–C) groups is 2. The number of dihydropyridines is 1. The van der Waals surface area contributed by atoms with Crippen molar-refractivity contribution in [1.29, 1.82) is 0 Å². The number of fused-ring (bicyclic) bond motifs is 1. The Balaban J connectivity index is 1.33. The van der Waals surface area contributed by atoms with Gasteiger partial charge in [0.05, 0.1) is 12.8 Å². The first-order chi connectivity index (χ1) is 16.7. The first-order valence-electron chi connectivity index (χ1n) is 11.6. The highest BCUT2D eigenvalue weighted by atomic mass is 16.5. The Labute approximate surface area is 200 Å². The van der Waals surface area contributed by atoms with Gasteiger partial charge >= 0.3 is 0 Å². The molecular weight excluding hydrogens is 424 g/mol. The van der Waals surface area contributed by atoms with E-state index >= 15 is 0 Å². The van der Waals surface area contributed by atoms with Crippen LogP contribution in [0.25, 0.3) is 5.57 Å². The predicted molar refractivity (Wildman–Crippen MR) is 136 cm³/mol. The third kappa shape index (κ3) is 4.77. The lowest BCUT2D eigenvalue weighted by Crippen LogP contribution is -2.50. The number of piperazine rings is 1. The average molecular weight is 453 g/mol. The van der Waals surface area contributed by atoms with E-state index < -0.39 is 0 Å². The fourth-order valence-electron chi connectivity index (χ4n) is 4.47. The summed E-state index contributed by atoms with van der Waals surface area (Å²) in [4.78, 5) is 26.9. The normalized spacial score (nSPS) is 20.1. The average Bonchev–Trinajstić information content (AvgIpc) is 3.11. The Bertz CT molecular complexity index is 1180. The number of carbonyl (C=O) groups excluding carboxylic acids is 1. The second-order valence-electron chi connectivity index (χ2n) is 8.58. The third-order valence-corrected chi connectivity index (χ3v) is 6.41. The first-order valence-corrected chi connectivity index (χ1v) is 11.6. The standard InChI is InChI=1S/C28H28N4O2/c1-34-24-10-7-22(8-11-24)25-19-29-14-13-23-9-12-26(30-27(23)25)28(33)32-17-15-31(16-18-32)20-21-5-3-2-4-6-21/h2-14,19,23H,15-18,20H2,1H3. The van der Waals surface area contributed by atoms with Crippen molar-refractivity contribution in [3.8, 4) is 5.75 Å². The van der Waals surface area contributed by atoms with Crippen LogP contribution in [0.4, 0.5) is 0 Å². The van der Waals surface area contributed by atoms with Gasteiger partial charge in [-0.15, -0.1) is 0 Å². The number of benzene rings is 2. The number of rotatable bonds is 5. The highest BCUT2D eigenvalue weighted by Gasteiger charge is 2.27. The van der Waals surface area contributed by atoms with Crippen LogP contribution in [0.15, 0.2) is 94.7 Å². The maximum Gasteiger partial charge on any atom is 0.272 e. The number of amides is 1. The summed E-state index contributed by atoms with van der Waals surface area (Å²) < 4.78 is 5.29. The molecule has 2 aromatic carbocycles. The van der Waals surface area contributed by atoms with E-state index in [4.69, 9.17) is 9.73 Å². The highest BCUT2D eigenvalue weighted by Crippen LogP contribution is 2.31. The largest absolute Gasteiger partial charge is 0.497 e. The van der Waals surface area contributed by atoms with Gasteiger partial charge in [0.2, 0.25) is 0 Å². The van der Waals surface area contributed by atoms with Crippen molar-refractivity contribution in [2.24, 2.45) is 15.9 Å². The molecule has 3 heterocycles. The molecule has 172 valence electrons. The van der Waals surface area contributed by atoms with Crippen molar-refractivity contribution in [2.75, 3.05) is 33.3 Å². The first kappa shape index (κ1) is 22.0. The molecular formula is C28H28N4O2. The van der Waals surface area contributed by atoms with Crippen molar-refractivity contribution in [2.45, 2.75) is 6.54 Å². The molecule has 0 aliphatic carbocycles. The zero-order valence-corrected chi connectivity index (χ0v) is 19.3. The van der Waals surface area contributed by atoms with Gasteiger partial charge in [0.1, 0.15) is 11.5 Å². The number of hydrogen-bond acceptors (Lipinski definition) is 5. The molecule has 1 saturated heterocycles. The molecule has 3 aliphatic rings. The predicted octanol–water partition coefficient (Wildman–Crippen LogP) is 3.98. The van der Waals surface area contributed by atoms with Crippen LogP contribution < -0.4 is 4.74 Å². The van der Waals surface area contributed by atoms with E-state index in [1.54, 1.807) is 13.3 Å². The smallest absolute Gasteiger partial charge is 0.272 e. The molecule has 0 aromatic heterocycles. The zero-order chi connectivity index (χ0) is 23.3. The van der Waals surface area contributed by atoms with Gasteiger partial charge < -0.3 is 9.64 Å². The van der Waals surface area contributed by atoms with Gasteiger partial charge in [-0.2, -0.15) is 0 Å². The highest BCUT2D eigenvalue weighted by molar-refractivity contribution is 6.44. The summed E-state index contributed by atoms with van der Waals surface area (Å²) in [7, 11) is 1.65. The molecule has 1 atom stereocenters. The molecule has 1 amide bonds. The summed E-state index contributed by atoms with van der Waals surface area (Å²) in [5.41, 5.74) is 4.54. The Hall–Kier alpha value is -3.77. The molecule has 2 aromatic rings. The molecule has 0 radical (unpaired) electrons. The van der Waals surface area contributed by atoms with E-state index in [1.807, 2.05) is 59.7 Å². The van der Waals surface area contributed by atoms with E-state index in [-0.39, 0.29) is 11.8 Å². The molecule has 6 heteroatoms. The van der Waals surface area contributed by atoms with E-state index in [9.17, 15) is 4.79 Å². The second kappa shape index (κ2) is 10.0. The lowest BCUT2D eigenvalue weighted by molar-refractivity contribution is -0.125. The van der Waals surface area contributed by atoms with Crippen molar-refractivity contribution >= 4 is 23.4 Å². The Morgan fingerprint density at radius 1 is 1.00 bits per heavy atom. The van der Waals surface area contributed by atoms with Crippen molar-refractivity contribution in [3.05, 3.63) is 95.8 Å². The van der Waals surface area contributed by atoms with Crippen LogP contribution >= 0.6 is 0 Å². The number of allylic oxidation sites excluding steroid dienone is 2. The van der Waals surface area contributed by atoms with Gasteiger partial charge in [0.25, 0.3) is 5.91 Å². The van der Waals surface area contributed by atoms with E-state index in [0.29, 0.717) is 18.8 Å². The van der Waals surface area contributed by atoms with Crippen LogP contribution in [0.2, 0.25) is 0 Å². The number of ether oxygens (including phenoxy) is 1. The van der Waals surface area contributed by atoms with Gasteiger partial charge in [-0.05, 0) is 29.3 Å². The Morgan fingerprint density at radius 2 is 1.76 bits per heavy atom. The molecule has 6 nitrogen and oxygen atoms in total. The summed E-state index contributed by atoms with van der Waals surface area (Å²) in [5, 5.41) is 0.